The summed E-state index contributed by atoms with van der Waals surface area (Å²) in [6.45, 7) is 12.1. The van der Waals surface area contributed by atoms with E-state index in [4.69, 9.17) is 4.43 Å². The summed E-state index contributed by atoms with van der Waals surface area (Å²) in [5.74, 6) is 0. The summed E-state index contributed by atoms with van der Waals surface area (Å²) in [4.78, 5) is 0. The smallest absolute Gasteiger partial charge is 0.192 e. The first-order valence-corrected chi connectivity index (χ1v) is 12.1. The Morgan fingerprint density at radius 1 is 0.962 bits per heavy atom. The van der Waals surface area contributed by atoms with Crippen molar-refractivity contribution in [2.75, 3.05) is 5.32 Å². The molecule has 0 spiro atoms. The van der Waals surface area contributed by atoms with Crippen molar-refractivity contribution in [3.8, 4) is 0 Å². The van der Waals surface area contributed by atoms with E-state index in [0.29, 0.717) is 6.61 Å². The molecule has 3 aromatic rings. The zero-order valence-corrected chi connectivity index (χ0v) is 17.8. The third-order valence-electron chi connectivity index (χ3n) is 5.53. The van der Waals surface area contributed by atoms with Gasteiger partial charge in [0.15, 0.2) is 8.32 Å². The van der Waals surface area contributed by atoms with Gasteiger partial charge in [-0.1, -0.05) is 32.9 Å². The van der Waals surface area contributed by atoms with Crippen LogP contribution in [0.2, 0.25) is 18.1 Å². The van der Waals surface area contributed by atoms with Gasteiger partial charge in [0.1, 0.15) is 0 Å². The molecule has 0 unspecified atom stereocenters. The van der Waals surface area contributed by atoms with Crippen molar-refractivity contribution in [1.82, 2.24) is 4.57 Å². The number of nitrogens with one attached hydrogen (secondary N) is 1. The summed E-state index contributed by atoms with van der Waals surface area (Å²) >= 11 is 0. The summed E-state index contributed by atoms with van der Waals surface area (Å²) in [6.07, 6.45) is 2.09. The van der Waals surface area contributed by atoms with Gasteiger partial charge in [0.2, 0.25) is 0 Å². The van der Waals surface area contributed by atoms with Crippen LogP contribution in [-0.2, 0) is 18.1 Å². The van der Waals surface area contributed by atoms with E-state index < -0.39 is 8.32 Å². The van der Waals surface area contributed by atoms with Gasteiger partial charge in [0, 0.05) is 35.5 Å². The van der Waals surface area contributed by atoms with Gasteiger partial charge in [-0.3, -0.25) is 0 Å². The summed E-state index contributed by atoms with van der Waals surface area (Å²) in [5, 5.41) is 4.98. The number of benzene rings is 2. The Morgan fingerprint density at radius 2 is 1.62 bits per heavy atom. The molecule has 1 aromatic heterocycles. The van der Waals surface area contributed by atoms with Gasteiger partial charge in [0.25, 0.3) is 0 Å². The first-order valence-electron chi connectivity index (χ1n) is 9.21. The molecule has 0 saturated carbocycles. The van der Waals surface area contributed by atoms with Crippen LogP contribution in [0.3, 0.4) is 0 Å². The molecular weight excluding hydrogens is 336 g/mol. The molecule has 0 aliphatic rings. The van der Waals surface area contributed by atoms with Gasteiger partial charge in [-0.05, 0) is 60.1 Å². The lowest BCUT2D eigenvalue weighted by Gasteiger charge is -2.36. The van der Waals surface area contributed by atoms with Gasteiger partial charge < -0.3 is 14.3 Å². The molecule has 0 aliphatic carbocycles. The summed E-state index contributed by atoms with van der Waals surface area (Å²) < 4.78 is 8.44. The van der Waals surface area contributed by atoms with Gasteiger partial charge >= 0.3 is 0 Å². The fourth-order valence-corrected chi connectivity index (χ4v) is 3.65. The van der Waals surface area contributed by atoms with Crippen LogP contribution in [0, 0.1) is 0 Å². The lowest BCUT2D eigenvalue weighted by atomic mass is 10.2. The van der Waals surface area contributed by atoms with Crippen molar-refractivity contribution in [3.05, 3.63) is 60.3 Å². The second kappa shape index (κ2) is 6.93. The molecule has 26 heavy (non-hydrogen) atoms. The second-order valence-electron chi connectivity index (χ2n) is 8.57. The van der Waals surface area contributed by atoms with E-state index in [2.05, 4.69) is 106 Å². The van der Waals surface area contributed by atoms with Crippen LogP contribution in [0.4, 0.5) is 11.4 Å². The van der Waals surface area contributed by atoms with E-state index in [-0.39, 0.29) is 5.04 Å². The number of rotatable bonds is 5. The highest BCUT2D eigenvalue weighted by Crippen LogP contribution is 2.37. The van der Waals surface area contributed by atoms with Crippen molar-refractivity contribution >= 4 is 30.6 Å². The molecule has 2 aromatic carbocycles. The summed E-state index contributed by atoms with van der Waals surface area (Å²) in [6, 6.07) is 17.1. The fourth-order valence-electron chi connectivity index (χ4n) is 2.69. The molecule has 4 heteroatoms. The first kappa shape index (κ1) is 18.7. The average Bonchev–Trinajstić information content (AvgIpc) is 2.94. The Kier molecular flexibility index (Phi) is 5.00. The topological polar surface area (TPSA) is 26.2 Å². The number of hydrogen-bond acceptors (Lipinski definition) is 2. The van der Waals surface area contributed by atoms with Crippen molar-refractivity contribution in [2.24, 2.45) is 7.05 Å². The van der Waals surface area contributed by atoms with Gasteiger partial charge in [0.05, 0.1) is 6.61 Å². The highest BCUT2D eigenvalue weighted by Gasteiger charge is 2.36. The van der Waals surface area contributed by atoms with E-state index in [9.17, 15) is 0 Å². The molecule has 0 fully saturated rings. The molecule has 1 N–H and O–H groups in total. The van der Waals surface area contributed by atoms with Gasteiger partial charge in [-0.25, -0.2) is 0 Å². The van der Waals surface area contributed by atoms with E-state index >= 15 is 0 Å². The van der Waals surface area contributed by atoms with Gasteiger partial charge in [-0.15, -0.1) is 0 Å². The number of anilines is 2. The lowest BCUT2D eigenvalue weighted by Crippen LogP contribution is -2.40. The number of nitrogens with zero attached hydrogens (tertiary/aromatic N) is 1. The molecule has 138 valence electrons. The highest BCUT2D eigenvalue weighted by atomic mass is 28.4. The molecule has 0 saturated heterocycles. The van der Waals surface area contributed by atoms with Crippen LogP contribution >= 0.6 is 0 Å². The van der Waals surface area contributed by atoms with Crippen LogP contribution in [0.15, 0.2) is 54.7 Å². The van der Waals surface area contributed by atoms with E-state index in [1.165, 1.54) is 16.5 Å². The lowest BCUT2D eigenvalue weighted by molar-refractivity contribution is 0.276. The Hall–Kier alpha value is -2.04. The number of aryl methyl sites for hydroxylation is 1. The third kappa shape index (κ3) is 4.02. The number of aromatic nitrogens is 1. The highest BCUT2D eigenvalue weighted by molar-refractivity contribution is 6.74. The van der Waals surface area contributed by atoms with E-state index in [1.54, 1.807) is 0 Å². The zero-order valence-electron chi connectivity index (χ0n) is 16.8. The average molecular weight is 367 g/mol. The molecule has 3 rings (SSSR count). The zero-order chi connectivity index (χ0) is 18.9. The molecule has 0 aliphatic heterocycles. The third-order valence-corrected chi connectivity index (χ3v) is 10.0. The maximum Gasteiger partial charge on any atom is 0.192 e. The molecule has 0 amide bonds. The molecule has 0 radical (unpaired) electrons. The minimum Gasteiger partial charge on any atom is -0.413 e. The van der Waals surface area contributed by atoms with Crippen LogP contribution in [0.1, 0.15) is 26.3 Å². The van der Waals surface area contributed by atoms with Crippen LogP contribution in [0.25, 0.3) is 10.9 Å². The van der Waals surface area contributed by atoms with Gasteiger partial charge in [-0.2, -0.15) is 0 Å². The number of fused-ring (bicyclic) bond motifs is 1. The minimum absolute atomic E-state index is 0.241. The maximum atomic E-state index is 6.30. The first-order chi connectivity index (χ1) is 12.2. The van der Waals surface area contributed by atoms with Crippen molar-refractivity contribution < 1.29 is 4.43 Å². The largest absolute Gasteiger partial charge is 0.413 e. The summed E-state index contributed by atoms with van der Waals surface area (Å²) in [7, 11) is 0.366. The molecule has 0 atom stereocenters. The van der Waals surface area contributed by atoms with Crippen molar-refractivity contribution in [3.63, 3.8) is 0 Å². The number of hydrogen-bond donors (Lipinski definition) is 1. The summed E-state index contributed by atoms with van der Waals surface area (Å²) in [5.41, 5.74) is 4.66. The Balaban J connectivity index is 1.65. The minimum atomic E-state index is -1.70. The van der Waals surface area contributed by atoms with Crippen LogP contribution < -0.4 is 5.32 Å². The molecule has 3 nitrogen and oxygen atoms in total. The maximum absolute atomic E-state index is 6.30. The van der Waals surface area contributed by atoms with Crippen molar-refractivity contribution in [2.45, 2.75) is 45.5 Å². The molecule has 1 heterocycles. The molecule has 0 bridgehead atoms. The second-order valence-corrected chi connectivity index (χ2v) is 13.4. The standard InChI is InChI=1S/C22H30N2OSi/c1-22(2,3)26(5,6)25-16-17-7-9-19(10-8-17)23-20-11-12-21-18(15-20)13-14-24(21)4/h7-15,23H,16H2,1-6H3. The Morgan fingerprint density at radius 3 is 2.27 bits per heavy atom. The monoisotopic (exact) mass is 366 g/mol. The predicted octanol–water partition coefficient (Wildman–Crippen LogP) is 6.44. The quantitative estimate of drug-likeness (QED) is 0.526. The Labute approximate surface area is 158 Å². The molecular formula is C22H30N2OSi. The van der Waals surface area contributed by atoms with Crippen LogP contribution in [-0.4, -0.2) is 12.9 Å². The van der Waals surface area contributed by atoms with Crippen molar-refractivity contribution in [1.29, 1.82) is 0 Å². The SMILES string of the molecule is Cn1ccc2cc(Nc3ccc(CO[Si](C)(C)C(C)(C)C)cc3)ccc21. The fraction of sp³-hybridized carbons (Fsp3) is 0.364. The van der Waals surface area contributed by atoms with Crippen LogP contribution in [0.5, 0.6) is 0 Å². The van der Waals surface area contributed by atoms with E-state index in [1.807, 2.05) is 0 Å². The Bertz CT molecular complexity index is 889. The normalized spacial score (nSPS) is 12.5. The predicted molar refractivity (Wildman–Crippen MR) is 115 cm³/mol. The van der Waals surface area contributed by atoms with E-state index in [0.717, 1.165) is 11.4 Å².